The van der Waals surface area contributed by atoms with Crippen LogP contribution in [-0.4, -0.2) is 37.8 Å². The Morgan fingerprint density at radius 3 is 2.83 bits per heavy atom. The van der Waals surface area contributed by atoms with E-state index in [1.54, 1.807) is 0 Å². The second kappa shape index (κ2) is 8.89. The maximum absolute atomic E-state index is 5.41. The Bertz CT molecular complexity index is 331. The Balaban J connectivity index is 2.60. The van der Waals surface area contributed by atoms with Gasteiger partial charge in [0.15, 0.2) is 0 Å². The third-order valence-corrected chi connectivity index (χ3v) is 2.81. The maximum atomic E-state index is 5.41. The van der Waals surface area contributed by atoms with Crippen molar-refractivity contribution < 1.29 is 4.74 Å². The summed E-state index contributed by atoms with van der Waals surface area (Å²) >= 11 is 0. The summed E-state index contributed by atoms with van der Waals surface area (Å²) < 4.78 is 5.41. The average Bonchev–Trinajstić information content (AvgIpc) is 2.42. The molecule has 1 N–H and O–H groups in total. The van der Waals surface area contributed by atoms with Crippen LogP contribution in [0.4, 0.5) is 5.69 Å². The molecule has 0 aliphatic carbocycles. The zero-order valence-electron chi connectivity index (χ0n) is 11.8. The number of pyridine rings is 1. The molecule has 102 valence electrons. The van der Waals surface area contributed by atoms with Gasteiger partial charge in [0.1, 0.15) is 0 Å². The first-order valence-corrected chi connectivity index (χ1v) is 6.80. The van der Waals surface area contributed by atoms with Crippen molar-refractivity contribution in [2.45, 2.75) is 27.3 Å². The van der Waals surface area contributed by atoms with Crippen LogP contribution in [0.25, 0.3) is 0 Å². The summed E-state index contributed by atoms with van der Waals surface area (Å²) in [7, 11) is 0. The van der Waals surface area contributed by atoms with Crippen molar-refractivity contribution >= 4 is 5.69 Å². The van der Waals surface area contributed by atoms with Crippen LogP contribution >= 0.6 is 0 Å². The highest BCUT2D eigenvalue weighted by Gasteiger charge is 2.05. The van der Waals surface area contributed by atoms with E-state index in [4.69, 9.17) is 4.74 Å². The van der Waals surface area contributed by atoms with Gasteiger partial charge < -0.3 is 15.0 Å². The summed E-state index contributed by atoms with van der Waals surface area (Å²) in [6.45, 7) is 11.5. The second-order valence-corrected chi connectivity index (χ2v) is 4.06. The molecule has 0 amide bonds. The molecule has 0 aromatic carbocycles. The van der Waals surface area contributed by atoms with Crippen molar-refractivity contribution in [1.29, 1.82) is 0 Å². The van der Waals surface area contributed by atoms with E-state index in [9.17, 15) is 0 Å². The lowest BCUT2D eigenvalue weighted by Crippen LogP contribution is -2.27. The average molecular weight is 251 g/mol. The molecule has 0 fully saturated rings. The smallest absolute Gasteiger partial charge is 0.0641 e. The van der Waals surface area contributed by atoms with E-state index in [0.29, 0.717) is 0 Å². The lowest BCUT2D eigenvalue weighted by molar-refractivity contribution is 0.154. The van der Waals surface area contributed by atoms with Crippen molar-refractivity contribution in [1.82, 2.24) is 10.3 Å². The van der Waals surface area contributed by atoms with Gasteiger partial charge in [-0.05, 0) is 32.5 Å². The number of anilines is 1. The van der Waals surface area contributed by atoms with Crippen LogP contribution in [0.2, 0.25) is 0 Å². The fraction of sp³-hybridized carbons (Fsp3) is 0.643. The minimum Gasteiger partial charge on any atom is -0.380 e. The Morgan fingerprint density at radius 2 is 2.17 bits per heavy atom. The predicted octanol–water partition coefficient (Wildman–Crippen LogP) is 2.05. The van der Waals surface area contributed by atoms with Gasteiger partial charge in [0.25, 0.3) is 0 Å². The molecule has 18 heavy (non-hydrogen) atoms. The summed E-state index contributed by atoms with van der Waals surface area (Å²) in [6.07, 6.45) is 1.88. The summed E-state index contributed by atoms with van der Waals surface area (Å²) in [5.41, 5.74) is 2.31. The monoisotopic (exact) mass is 251 g/mol. The first-order chi connectivity index (χ1) is 8.81. The molecule has 0 atom stereocenters. The number of nitrogens with one attached hydrogen (secondary N) is 1. The lowest BCUT2D eigenvalue weighted by Gasteiger charge is -2.23. The molecule has 0 saturated carbocycles. The van der Waals surface area contributed by atoms with Gasteiger partial charge in [0.2, 0.25) is 0 Å². The molecule has 0 aliphatic rings. The molecule has 1 rings (SSSR count). The molecule has 0 bridgehead atoms. The van der Waals surface area contributed by atoms with Gasteiger partial charge in [-0.3, -0.25) is 4.98 Å². The number of rotatable bonds is 9. The Labute approximate surface area is 110 Å². The third kappa shape index (κ3) is 5.02. The van der Waals surface area contributed by atoms with Crippen molar-refractivity contribution in [2.75, 3.05) is 37.7 Å². The van der Waals surface area contributed by atoms with Crippen LogP contribution < -0.4 is 10.2 Å². The van der Waals surface area contributed by atoms with E-state index in [1.165, 1.54) is 5.69 Å². The molecule has 0 radical (unpaired) electrons. The fourth-order valence-electron chi connectivity index (χ4n) is 1.80. The minimum atomic E-state index is 0.773. The van der Waals surface area contributed by atoms with E-state index >= 15 is 0 Å². The minimum absolute atomic E-state index is 0.773. The van der Waals surface area contributed by atoms with Crippen molar-refractivity contribution in [2.24, 2.45) is 0 Å². The van der Waals surface area contributed by atoms with Gasteiger partial charge in [0, 0.05) is 38.1 Å². The fourth-order valence-corrected chi connectivity index (χ4v) is 1.80. The third-order valence-electron chi connectivity index (χ3n) is 2.81. The molecule has 0 aliphatic heterocycles. The van der Waals surface area contributed by atoms with E-state index in [2.05, 4.69) is 41.2 Å². The lowest BCUT2D eigenvalue weighted by atomic mass is 10.2. The van der Waals surface area contributed by atoms with E-state index in [0.717, 1.165) is 45.1 Å². The summed E-state index contributed by atoms with van der Waals surface area (Å²) in [6, 6.07) is 4.21. The van der Waals surface area contributed by atoms with E-state index < -0.39 is 0 Å². The number of likely N-dealkylation sites (N-methyl/N-ethyl adjacent to an activating group) is 1. The van der Waals surface area contributed by atoms with Gasteiger partial charge in [-0.15, -0.1) is 0 Å². The zero-order valence-corrected chi connectivity index (χ0v) is 11.8. The number of hydrogen-bond acceptors (Lipinski definition) is 4. The van der Waals surface area contributed by atoms with Gasteiger partial charge in [-0.1, -0.05) is 6.92 Å². The number of hydrogen-bond donors (Lipinski definition) is 1. The topological polar surface area (TPSA) is 37.4 Å². The van der Waals surface area contributed by atoms with Crippen LogP contribution in [0, 0.1) is 0 Å². The zero-order chi connectivity index (χ0) is 13.2. The second-order valence-electron chi connectivity index (χ2n) is 4.06. The Hall–Kier alpha value is -1.13. The molecule has 4 nitrogen and oxygen atoms in total. The highest BCUT2D eigenvalue weighted by atomic mass is 16.5. The maximum Gasteiger partial charge on any atom is 0.0641 e. The molecule has 1 aromatic rings. The number of ether oxygens (including phenoxy) is 1. The molecule has 1 aromatic heterocycles. The van der Waals surface area contributed by atoms with Crippen molar-refractivity contribution in [3.8, 4) is 0 Å². The first kappa shape index (κ1) is 14.9. The van der Waals surface area contributed by atoms with Crippen molar-refractivity contribution in [3.05, 3.63) is 24.0 Å². The van der Waals surface area contributed by atoms with Crippen LogP contribution in [-0.2, 0) is 11.3 Å². The SMILES string of the molecule is CCNCc1cc(N(CC)CCOCC)ccn1. The molecular formula is C14H25N3O. The first-order valence-electron chi connectivity index (χ1n) is 6.80. The highest BCUT2D eigenvalue weighted by Crippen LogP contribution is 2.14. The highest BCUT2D eigenvalue weighted by molar-refractivity contribution is 5.46. The summed E-state index contributed by atoms with van der Waals surface area (Å²) in [4.78, 5) is 6.68. The van der Waals surface area contributed by atoms with Crippen LogP contribution in [0.1, 0.15) is 26.5 Å². The predicted molar refractivity (Wildman–Crippen MR) is 76.0 cm³/mol. The summed E-state index contributed by atoms with van der Waals surface area (Å²) in [5, 5.41) is 3.30. The number of aromatic nitrogens is 1. The molecule has 0 unspecified atom stereocenters. The largest absolute Gasteiger partial charge is 0.380 e. The molecule has 0 saturated heterocycles. The Morgan fingerprint density at radius 1 is 1.33 bits per heavy atom. The standard InChI is InChI=1S/C14H25N3O/c1-4-15-12-13-11-14(7-8-16-13)17(5-2)9-10-18-6-3/h7-8,11,15H,4-6,9-10,12H2,1-3H3. The summed E-state index contributed by atoms with van der Waals surface area (Å²) in [5.74, 6) is 0. The van der Waals surface area contributed by atoms with E-state index in [-0.39, 0.29) is 0 Å². The van der Waals surface area contributed by atoms with Crippen LogP contribution in [0.15, 0.2) is 18.3 Å². The number of nitrogens with zero attached hydrogens (tertiary/aromatic N) is 2. The van der Waals surface area contributed by atoms with Gasteiger partial charge in [-0.25, -0.2) is 0 Å². The normalized spacial score (nSPS) is 10.6. The quantitative estimate of drug-likeness (QED) is 0.682. The Kier molecular flexibility index (Phi) is 7.37. The van der Waals surface area contributed by atoms with Gasteiger partial charge in [0.05, 0.1) is 12.3 Å². The van der Waals surface area contributed by atoms with E-state index in [1.807, 2.05) is 13.1 Å². The van der Waals surface area contributed by atoms with Crippen molar-refractivity contribution in [3.63, 3.8) is 0 Å². The molecule has 4 heteroatoms. The molecule has 1 heterocycles. The van der Waals surface area contributed by atoms with Gasteiger partial charge >= 0.3 is 0 Å². The van der Waals surface area contributed by atoms with Crippen LogP contribution in [0.3, 0.4) is 0 Å². The molecular weight excluding hydrogens is 226 g/mol. The molecule has 0 spiro atoms. The van der Waals surface area contributed by atoms with Crippen LogP contribution in [0.5, 0.6) is 0 Å². The van der Waals surface area contributed by atoms with Gasteiger partial charge in [-0.2, -0.15) is 0 Å².